The van der Waals surface area contributed by atoms with Crippen molar-refractivity contribution in [3.05, 3.63) is 0 Å². The van der Waals surface area contributed by atoms with Crippen LogP contribution in [0.15, 0.2) is 4.99 Å². The third-order valence-electron chi connectivity index (χ3n) is 1.37. The highest BCUT2D eigenvalue weighted by Gasteiger charge is 2.24. The lowest BCUT2D eigenvalue weighted by Gasteiger charge is -2.10. The van der Waals surface area contributed by atoms with E-state index < -0.39 is 0 Å². The zero-order valence-electron chi connectivity index (χ0n) is 6.20. The van der Waals surface area contributed by atoms with Gasteiger partial charge in [-0.15, -0.1) is 0 Å². The summed E-state index contributed by atoms with van der Waals surface area (Å²) >= 11 is 0. The lowest BCUT2D eigenvalue weighted by Crippen LogP contribution is -2.20. The van der Waals surface area contributed by atoms with E-state index in [4.69, 9.17) is 9.47 Å². The van der Waals surface area contributed by atoms with Crippen LogP contribution in [0.3, 0.4) is 0 Å². The molecule has 10 heavy (non-hydrogen) atoms. The zero-order valence-corrected chi connectivity index (χ0v) is 7.36. The summed E-state index contributed by atoms with van der Waals surface area (Å²) in [5.41, 5.74) is 0. The minimum atomic E-state index is 0.0972. The van der Waals surface area contributed by atoms with Crippen LogP contribution in [-0.4, -0.2) is 31.5 Å². The van der Waals surface area contributed by atoms with E-state index >= 15 is 0 Å². The second kappa shape index (κ2) is 3.31. The number of ether oxygens (including phenoxy) is 2. The van der Waals surface area contributed by atoms with Gasteiger partial charge in [0.25, 0.3) is 0 Å². The van der Waals surface area contributed by atoms with Crippen LogP contribution < -0.4 is 0 Å². The Balaban J connectivity index is 2.44. The fraction of sp³-hybridized carbons (Fsp3) is 0.833. The molecule has 0 fully saturated rings. The third kappa shape index (κ3) is 1.68. The number of aliphatic imine (C=N–C) groups is 1. The summed E-state index contributed by atoms with van der Waals surface area (Å²) in [5.74, 6) is 0.849. The fourth-order valence-corrected chi connectivity index (χ4v) is 1.31. The van der Waals surface area contributed by atoms with Gasteiger partial charge in [0.2, 0.25) is 0 Å². The molecule has 4 heteroatoms. The molecule has 0 spiro atoms. The SMILES string of the molecule is COCC1N=C(C)OC1P. The fourth-order valence-electron chi connectivity index (χ4n) is 0.916. The number of hydrogen-bond donors (Lipinski definition) is 0. The van der Waals surface area contributed by atoms with Gasteiger partial charge in [0.1, 0.15) is 11.9 Å². The molecule has 1 aliphatic rings. The van der Waals surface area contributed by atoms with Crippen LogP contribution in [-0.2, 0) is 9.47 Å². The molecule has 0 aliphatic carbocycles. The minimum absolute atomic E-state index is 0.0972. The van der Waals surface area contributed by atoms with E-state index in [0.29, 0.717) is 6.61 Å². The van der Waals surface area contributed by atoms with Crippen LogP contribution >= 0.6 is 9.24 Å². The first kappa shape index (κ1) is 7.96. The Labute approximate surface area is 63.0 Å². The number of methoxy groups -OCH3 is 1. The highest BCUT2D eigenvalue weighted by molar-refractivity contribution is 7.17. The summed E-state index contributed by atoms with van der Waals surface area (Å²) in [7, 11) is 4.26. The van der Waals surface area contributed by atoms with Crippen molar-refractivity contribution >= 4 is 15.1 Å². The Morgan fingerprint density at radius 1 is 1.80 bits per heavy atom. The predicted octanol–water partition coefficient (Wildman–Crippen LogP) is 0.651. The van der Waals surface area contributed by atoms with E-state index in [0.717, 1.165) is 5.90 Å². The molecule has 1 rings (SSSR count). The van der Waals surface area contributed by atoms with Gasteiger partial charge in [0, 0.05) is 14.0 Å². The molecule has 0 aromatic heterocycles. The highest BCUT2D eigenvalue weighted by Crippen LogP contribution is 2.18. The Morgan fingerprint density at radius 2 is 2.50 bits per heavy atom. The lowest BCUT2D eigenvalue weighted by molar-refractivity contribution is 0.154. The van der Waals surface area contributed by atoms with Gasteiger partial charge >= 0.3 is 0 Å². The average molecular weight is 161 g/mol. The van der Waals surface area contributed by atoms with E-state index in [9.17, 15) is 0 Å². The molecule has 0 bridgehead atoms. The Morgan fingerprint density at radius 3 is 2.90 bits per heavy atom. The molecule has 0 aromatic rings. The second-order valence-electron chi connectivity index (χ2n) is 2.25. The summed E-state index contributed by atoms with van der Waals surface area (Å²) in [6, 6.07) is 0.162. The van der Waals surface area contributed by atoms with Gasteiger partial charge in [-0.25, -0.2) is 4.99 Å². The van der Waals surface area contributed by atoms with Crippen molar-refractivity contribution in [2.45, 2.75) is 18.8 Å². The average Bonchev–Trinajstić information content (AvgIpc) is 2.13. The van der Waals surface area contributed by atoms with Crippen molar-refractivity contribution in [2.75, 3.05) is 13.7 Å². The molecule has 0 N–H and O–H groups in total. The molecule has 3 nitrogen and oxygen atoms in total. The van der Waals surface area contributed by atoms with Gasteiger partial charge in [-0.1, -0.05) is 9.24 Å². The van der Waals surface area contributed by atoms with Gasteiger partial charge in [-0.05, 0) is 0 Å². The van der Waals surface area contributed by atoms with Crippen molar-refractivity contribution in [3.63, 3.8) is 0 Å². The maximum Gasteiger partial charge on any atom is 0.181 e. The van der Waals surface area contributed by atoms with E-state index in [1.807, 2.05) is 6.92 Å². The van der Waals surface area contributed by atoms with E-state index in [2.05, 4.69) is 14.2 Å². The smallest absolute Gasteiger partial charge is 0.181 e. The van der Waals surface area contributed by atoms with Crippen LogP contribution in [0.4, 0.5) is 0 Å². The van der Waals surface area contributed by atoms with Crippen molar-refractivity contribution in [1.29, 1.82) is 0 Å². The molecule has 1 aliphatic heterocycles. The van der Waals surface area contributed by atoms with Crippen LogP contribution in [0.25, 0.3) is 0 Å². The first-order valence-electron chi connectivity index (χ1n) is 3.19. The van der Waals surface area contributed by atoms with Crippen LogP contribution in [0, 0.1) is 0 Å². The topological polar surface area (TPSA) is 30.8 Å². The summed E-state index contributed by atoms with van der Waals surface area (Å²) in [5, 5.41) is 0. The summed E-state index contributed by atoms with van der Waals surface area (Å²) in [6.45, 7) is 2.48. The first-order chi connectivity index (χ1) is 4.74. The van der Waals surface area contributed by atoms with E-state index in [-0.39, 0.29) is 11.9 Å². The summed E-state index contributed by atoms with van der Waals surface area (Å²) < 4.78 is 10.2. The molecule has 0 aromatic carbocycles. The van der Waals surface area contributed by atoms with Crippen LogP contribution in [0.2, 0.25) is 0 Å². The maximum atomic E-state index is 5.26. The lowest BCUT2D eigenvalue weighted by atomic mass is 10.4. The van der Waals surface area contributed by atoms with E-state index in [1.165, 1.54) is 0 Å². The van der Waals surface area contributed by atoms with Gasteiger partial charge < -0.3 is 9.47 Å². The minimum Gasteiger partial charge on any atom is -0.472 e. The third-order valence-corrected chi connectivity index (χ3v) is 1.95. The monoisotopic (exact) mass is 161 g/mol. The molecule has 3 atom stereocenters. The molecule has 0 radical (unpaired) electrons. The molecular weight excluding hydrogens is 149 g/mol. The van der Waals surface area contributed by atoms with Crippen LogP contribution in [0.1, 0.15) is 6.92 Å². The van der Waals surface area contributed by atoms with Crippen molar-refractivity contribution < 1.29 is 9.47 Å². The predicted molar refractivity (Wildman–Crippen MR) is 43.4 cm³/mol. The van der Waals surface area contributed by atoms with Crippen LogP contribution in [0.5, 0.6) is 0 Å². The largest absolute Gasteiger partial charge is 0.472 e. The van der Waals surface area contributed by atoms with Crippen molar-refractivity contribution in [3.8, 4) is 0 Å². The van der Waals surface area contributed by atoms with Gasteiger partial charge in [0.05, 0.1) is 6.61 Å². The molecule has 0 saturated carbocycles. The van der Waals surface area contributed by atoms with Gasteiger partial charge in [0.15, 0.2) is 5.90 Å². The molecule has 3 unspecified atom stereocenters. The number of hydrogen-bond acceptors (Lipinski definition) is 3. The molecular formula is C6H12NO2P. The molecule has 0 saturated heterocycles. The van der Waals surface area contributed by atoms with Crippen molar-refractivity contribution in [2.24, 2.45) is 4.99 Å². The zero-order chi connectivity index (χ0) is 7.56. The maximum absolute atomic E-state index is 5.26. The quantitative estimate of drug-likeness (QED) is 0.557. The summed E-state index contributed by atoms with van der Waals surface area (Å²) in [6.07, 6.45) is 0. The highest BCUT2D eigenvalue weighted by atomic mass is 31.0. The second-order valence-corrected chi connectivity index (χ2v) is 2.91. The standard InChI is InChI=1S/C6H12NO2P/c1-4-7-5(3-8-2)6(10)9-4/h5-6H,3,10H2,1-2H3. The number of nitrogens with zero attached hydrogens (tertiary/aromatic N) is 1. The van der Waals surface area contributed by atoms with Crippen molar-refractivity contribution in [1.82, 2.24) is 0 Å². The van der Waals surface area contributed by atoms with Gasteiger partial charge in [-0.2, -0.15) is 0 Å². The Hall–Kier alpha value is -0.140. The first-order valence-corrected chi connectivity index (χ1v) is 3.86. The molecule has 0 amide bonds. The normalized spacial score (nSPS) is 31.7. The molecule has 1 heterocycles. The Kier molecular flexibility index (Phi) is 2.64. The summed E-state index contributed by atoms with van der Waals surface area (Å²) in [4.78, 5) is 4.21. The van der Waals surface area contributed by atoms with Gasteiger partial charge in [-0.3, -0.25) is 0 Å². The van der Waals surface area contributed by atoms with E-state index in [1.54, 1.807) is 7.11 Å². The number of rotatable bonds is 2. The molecule has 58 valence electrons. The Bertz CT molecular complexity index is 149.